The Bertz CT molecular complexity index is 1480. The number of hydrogen-bond donors (Lipinski definition) is 0. The lowest BCUT2D eigenvalue weighted by molar-refractivity contribution is 0.0581. The smallest absolute Gasteiger partial charge is 0.416 e. The Morgan fingerprint density at radius 1 is 0.872 bits per heavy atom. The van der Waals surface area contributed by atoms with Crippen LogP contribution in [-0.4, -0.2) is 33.0 Å². The van der Waals surface area contributed by atoms with Gasteiger partial charge in [-0.2, -0.15) is 5.10 Å². The molecule has 198 valence electrons. The summed E-state index contributed by atoms with van der Waals surface area (Å²) >= 11 is 6.49. The molecule has 2 aromatic heterocycles. The van der Waals surface area contributed by atoms with Crippen LogP contribution in [0.4, 0.5) is 10.6 Å². The number of amides is 1. The number of rotatable bonds is 6. The van der Waals surface area contributed by atoms with E-state index >= 15 is 0 Å². The molecule has 2 heterocycles. The fourth-order valence-corrected chi connectivity index (χ4v) is 5.16. The number of hydrogen-bond acceptors (Lipinski definition) is 4. The molecule has 1 amide bonds. The lowest BCUT2D eigenvalue weighted by Gasteiger charge is -2.37. The highest BCUT2D eigenvalue weighted by Crippen LogP contribution is 2.44. The van der Waals surface area contributed by atoms with Crippen molar-refractivity contribution >= 4 is 34.4 Å². The minimum atomic E-state index is -0.891. The summed E-state index contributed by atoms with van der Waals surface area (Å²) < 4.78 is 7.73. The SMILES string of the molecule is CCN(C(=O)OC(C)(C)C)c1nn(C(c2ccccc2)(c2ccccc2)c2ccccc2)c2cc(Cl)ncc12. The van der Waals surface area contributed by atoms with Gasteiger partial charge in [0.1, 0.15) is 16.3 Å². The Balaban J connectivity index is 1.90. The Morgan fingerprint density at radius 2 is 1.36 bits per heavy atom. The monoisotopic (exact) mass is 538 g/mol. The zero-order chi connectivity index (χ0) is 27.6. The van der Waals surface area contributed by atoms with E-state index in [-0.39, 0.29) is 0 Å². The molecule has 0 spiro atoms. The standard InChI is InChI=1S/C32H31ClN4O2/c1-5-36(30(38)39-31(2,3)4)29-26-22-34-28(33)21-27(26)37(35-29)32(23-15-9-6-10-16-23,24-17-11-7-12-18-24)25-19-13-8-14-20-25/h6-22H,5H2,1-4H3. The van der Waals surface area contributed by atoms with E-state index < -0.39 is 17.2 Å². The van der Waals surface area contributed by atoms with Crippen molar-refractivity contribution in [2.75, 3.05) is 11.4 Å². The number of anilines is 1. The van der Waals surface area contributed by atoms with Gasteiger partial charge in [-0.1, -0.05) is 103 Å². The molecule has 0 unspecified atom stereocenters. The van der Waals surface area contributed by atoms with E-state index in [1.54, 1.807) is 17.2 Å². The maximum atomic E-state index is 13.4. The van der Waals surface area contributed by atoms with Crippen molar-refractivity contribution < 1.29 is 9.53 Å². The quantitative estimate of drug-likeness (QED) is 0.164. The van der Waals surface area contributed by atoms with Crippen molar-refractivity contribution in [3.05, 3.63) is 125 Å². The Labute approximate surface area is 233 Å². The van der Waals surface area contributed by atoms with Crippen LogP contribution in [-0.2, 0) is 10.3 Å². The molecule has 6 nitrogen and oxygen atoms in total. The number of fused-ring (bicyclic) bond motifs is 1. The topological polar surface area (TPSA) is 60.3 Å². The number of carbonyl (C=O) groups is 1. The maximum Gasteiger partial charge on any atom is 0.416 e. The van der Waals surface area contributed by atoms with E-state index in [9.17, 15) is 4.79 Å². The van der Waals surface area contributed by atoms with Crippen LogP contribution >= 0.6 is 11.6 Å². The van der Waals surface area contributed by atoms with Crippen LogP contribution in [0, 0.1) is 0 Å². The van der Waals surface area contributed by atoms with E-state index in [1.165, 1.54) is 0 Å². The number of halogens is 1. The molecule has 0 aliphatic carbocycles. The van der Waals surface area contributed by atoms with Gasteiger partial charge in [-0.05, 0) is 44.4 Å². The number of nitrogens with zero attached hydrogens (tertiary/aromatic N) is 4. The molecule has 0 saturated heterocycles. The number of pyridine rings is 1. The molecule has 0 atom stereocenters. The minimum absolute atomic E-state index is 0.332. The second-order valence-electron chi connectivity index (χ2n) is 10.3. The fraction of sp³-hybridized carbons (Fsp3) is 0.219. The van der Waals surface area contributed by atoms with Crippen LogP contribution in [0.2, 0.25) is 5.15 Å². The molecular weight excluding hydrogens is 508 g/mol. The van der Waals surface area contributed by atoms with Crippen molar-refractivity contribution in [3.63, 3.8) is 0 Å². The number of benzene rings is 3. The summed E-state index contributed by atoms with van der Waals surface area (Å²) in [6, 6.07) is 32.5. The van der Waals surface area contributed by atoms with Gasteiger partial charge in [0, 0.05) is 18.8 Å². The molecule has 5 aromatic rings. The van der Waals surface area contributed by atoms with Crippen molar-refractivity contribution in [2.45, 2.75) is 38.8 Å². The average Bonchev–Trinajstić information content (AvgIpc) is 3.29. The highest BCUT2D eigenvalue weighted by atomic mass is 35.5. The van der Waals surface area contributed by atoms with Gasteiger partial charge in [0.2, 0.25) is 0 Å². The van der Waals surface area contributed by atoms with Gasteiger partial charge in [0.15, 0.2) is 5.82 Å². The van der Waals surface area contributed by atoms with Crippen molar-refractivity contribution in [1.82, 2.24) is 14.8 Å². The minimum Gasteiger partial charge on any atom is -0.443 e. The zero-order valence-corrected chi connectivity index (χ0v) is 23.3. The molecule has 0 fully saturated rings. The van der Waals surface area contributed by atoms with Gasteiger partial charge in [-0.3, -0.25) is 4.90 Å². The predicted octanol–water partition coefficient (Wildman–Crippen LogP) is 7.69. The van der Waals surface area contributed by atoms with E-state index in [4.69, 9.17) is 21.4 Å². The highest BCUT2D eigenvalue weighted by molar-refractivity contribution is 6.30. The van der Waals surface area contributed by atoms with Gasteiger partial charge in [0.05, 0.1) is 10.9 Å². The molecule has 0 aliphatic rings. The second kappa shape index (κ2) is 10.5. The Kier molecular flexibility index (Phi) is 7.15. The second-order valence-corrected chi connectivity index (χ2v) is 10.7. The predicted molar refractivity (Wildman–Crippen MR) is 156 cm³/mol. The largest absolute Gasteiger partial charge is 0.443 e. The summed E-state index contributed by atoms with van der Waals surface area (Å²) in [6.07, 6.45) is 1.20. The van der Waals surface area contributed by atoms with Crippen LogP contribution in [0.15, 0.2) is 103 Å². The summed E-state index contributed by atoms with van der Waals surface area (Å²) in [7, 11) is 0. The van der Waals surface area contributed by atoms with Gasteiger partial charge < -0.3 is 4.74 Å². The molecule has 7 heteroatoms. The number of ether oxygens (including phenoxy) is 1. The molecular formula is C32H31ClN4O2. The highest BCUT2D eigenvalue weighted by Gasteiger charge is 2.42. The van der Waals surface area contributed by atoms with Crippen LogP contribution < -0.4 is 4.90 Å². The third-order valence-corrected chi connectivity index (χ3v) is 6.80. The first-order valence-electron chi connectivity index (χ1n) is 13.0. The molecule has 0 aliphatic heterocycles. The third-order valence-electron chi connectivity index (χ3n) is 6.59. The van der Waals surface area contributed by atoms with Crippen molar-refractivity contribution in [1.29, 1.82) is 0 Å². The first kappa shape index (κ1) is 26.4. The molecule has 3 aromatic carbocycles. The summed E-state index contributed by atoms with van der Waals surface area (Å²) in [5, 5.41) is 6.22. The van der Waals surface area contributed by atoms with Crippen molar-refractivity contribution in [2.24, 2.45) is 0 Å². The van der Waals surface area contributed by atoms with E-state index in [0.717, 1.165) is 22.2 Å². The van der Waals surface area contributed by atoms with Gasteiger partial charge in [0.25, 0.3) is 0 Å². The van der Waals surface area contributed by atoms with E-state index in [1.807, 2.05) is 87.0 Å². The molecule has 0 N–H and O–H groups in total. The summed E-state index contributed by atoms with van der Waals surface area (Å²) in [5.74, 6) is 0.457. The first-order valence-corrected chi connectivity index (χ1v) is 13.4. The summed E-state index contributed by atoms with van der Waals surface area (Å²) in [5.41, 5.74) is 2.21. The van der Waals surface area contributed by atoms with E-state index in [0.29, 0.717) is 22.9 Å². The number of carbonyl (C=O) groups excluding carboxylic acids is 1. The molecule has 0 saturated carbocycles. The lowest BCUT2D eigenvalue weighted by atomic mass is 9.77. The molecule has 5 rings (SSSR count). The summed E-state index contributed by atoms with van der Waals surface area (Å²) in [4.78, 5) is 19.3. The normalized spacial score (nSPS) is 11.9. The zero-order valence-electron chi connectivity index (χ0n) is 22.5. The van der Waals surface area contributed by atoms with Crippen molar-refractivity contribution in [3.8, 4) is 0 Å². The Morgan fingerprint density at radius 3 is 1.79 bits per heavy atom. The van der Waals surface area contributed by atoms with Gasteiger partial charge in [-0.15, -0.1) is 0 Å². The third kappa shape index (κ3) is 4.88. The first-order chi connectivity index (χ1) is 18.8. The Hall–Kier alpha value is -4.16. The maximum absolute atomic E-state index is 13.4. The van der Waals surface area contributed by atoms with Crippen LogP contribution in [0.1, 0.15) is 44.4 Å². The van der Waals surface area contributed by atoms with Gasteiger partial charge >= 0.3 is 6.09 Å². The lowest BCUT2D eigenvalue weighted by Crippen LogP contribution is -2.40. The molecule has 39 heavy (non-hydrogen) atoms. The molecule has 0 radical (unpaired) electrons. The fourth-order valence-electron chi connectivity index (χ4n) is 5.01. The van der Waals surface area contributed by atoms with Gasteiger partial charge in [-0.25, -0.2) is 14.5 Å². The number of aromatic nitrogens is 3. The average molecular weight is 539 g/mol. The molecule has 0 bridgehead atoms. The van der Waals surface area contributed by atoms with Crippen LogP contribution in [0.25, 0.3) is 10.9 Å². The van der Waals surface area contributed by atoms with E-state index in [2.05, 4.69) is 41.4 Å². The van der Waals surface area contributed by atoms with Crippen LogP contribution in [0.5, 0.6) is 0 Å². The summed E-state index contributed by atoms with van der Waals surface area (Å²) in [6.45, 7) is 7.81. The van der Waals surface area contributed by atoms with Crippen LogP contribution in [0.3, 0.4) is 0 Å².